The smallest absolute Gasteiger partial charge is 0.0249 e. The summed E-state index contributed by atoms with van der Waals surface area (Å²) in [5, 5.41) is 3.70. The maximum atomic E-state index is 3.70. The van der Waals surface area contributed by atoms with Gasteiger partial charge in [-0.15, -0.1) is 0 Å². The van der Waals surface area contributed by atoms with Gasteiger partial charge in [-0.05, 0) is 37.8 Å². The second-order valence-electron chi connectivity index (χ2n) is 6.40. The zero-order valence-corrected chi connectivity index (χ0v) is 11.3. The second kappa shape index (κ2) is 5.05. The number of hydrogen-bond acceptors (Lipinski definition) is 2. The molecule has 0 aromatic carbocycles. The molecule has 0 bridgehead atoms. The van der Waals surface area contributed by atoms with E-state index in [1.807, 2.05) is 0 Å². The van der Waals surface area contributed by atoms with Gasteiger partial charge in [0.05, 0.1) is 0 Å². The van der Waals surface area contributed by atoms with Crippen LogP contribution >= 0.6 is 0 Å². The summed E-state index contributed by atoms with van der Waals surface area (Å²) < 4.78 is 0. The van der Waals surface area contributed by atoms with Gasteiger partial charge in [-0.1, -0.05) is 33.6 Å². The van der Waals surface area contributed by atoms with Crippen molar-refractivity contribution in [3.63, 3.8) is 0 Å². The Morgan fingerprint density at radius 3 is 2.62 bits per heavy atom. The van der Waals surface area contributed by atoms with E-state index in [2.05, 4.69) is 31.0 Å². The maximum Gasteiger partial charge on any atom is 0.0249 e. The minimum absolute atomic E-state index is 0.550. The van der Waals surface area contributed by atoms with E-state index in [0.717, 1.165) is 18.6 Å². The van der Waals surface area contributed by atoms with E-state index >= 15 is 0 Å². The van der Waals surface area contributed by atoms with Crippen LogP contribution in [0, 0.1) is 5.41 Å². The van der Waals surface area contributed by atoms with Gasteiger partial charge in [-0.3, -0.25) is 4.90 Å². The molecule has 16 heavy (non-hydrogen) atoms. The van der Waals surface area contributed by atoms with Gasteiger partial charge < -0.3 is 5.32 Å². The van der Waals surface area contributed by atoms with E-state index in [1.165, 1.54) is 45.2 Å². The van der Waals surface area contributed by atoms with Crippen LogP contribution in [0.3, 0.4) is 0 Å². The Labute approximate surface area is 101 Å². The molecule has 0 aromatic heterocycles. The van der Waals surface area contributed by atoms with Gasteiger partial charge in [0.2, 0.25) is 0 Å². The highest BCUT2D eigenvalue weighted by molar-refractivity contribution is 4.93. The molecule has 2 heteroatoms. The van der Waals surface area contributed by atoms with Crippen LogP contribution in [0.25, 0.3) is 0 Å². The van der Waals surface area contributed by atoms with Crippen LogP contribution in [-0.4, -0.2) is 36.6 Å². The molecule has 0 spiro atoms. The Balaban J connectivity index is 1.95. The predicted molar refractivity (Wildman–Crippen MR) is 69.7 cm³/mol. The van der Waals surface area contributed by atoms with Crippen molar-refractivity contribution < 1.29 is 0 Å². The summed E-state index contributed by atoms with van der Waals surface area (Å²) in [6.45, 7) is 10.8. The van der Waals surface area contributed by atoms with Crippen LogP contribution in [0.1, 0.15) is 52.9 Å². The number of likely N-dealkylation sites (N-methyl/N-ethyl adjacent to an activating group) is 1. The lowest BCUT2D eigenvalue weighted by Crippen LogP contribution is -2.51. The first-order valence-electron chi connectivity index (χ1n) is 7.10. The van der Waals surface area contributed by atoms with Gasteiger partial charge in [0, 0.05) is 18.6 Å². The quantitative estimate of drug-likeness (QED) is 0.793. The molecular weight excluding hydrogens is 196 g/mol. The first-order valence-corrected chi connectivity index (χ1v) is 7.10. The van der Waals surface area contributed by atoms with Crippen LogP contribution in [0.2, 0.25) is 0 Å². The molecule has 1 heterocycles. The largest absolute Gasteiger partial charge is 0.313 e. The molecule has 2 rings (SSSR count). The summed E-state index contributed by atoms with van der Waals surface area (Å²) in [4.78, 5) is 2.76. The number of nitrogens with one attached hydrogen (secondary N) is 1. The molecule has 2 aliphatic rings. The fourth-order valence-electron chi connectivity index (χ4n) is 3.49. The van der Waals surface area contributed by atoms with Crippen molar-refractivity contribution in [1.29, 1.82) is 0 Å². The van der Waals surface area contributed by atoms with E-state index in [1.54, 1.807) is 0 Å². The third kappa shape index (κ3) is 2.78. The highest BCUT2D eigenvalue weighted by Gasteiger charge is 2.37. The summed E-state index contributed by atoms with van der Waals surface area (Å²) in [6, 6.07) is 1.57. The lowest BCUT2D eigenvalue weighted by Gasteiger charge is -2.39. The molecule has 2 unspecified atom stereocenters. The first kappa shape index (κ1) is 12.4. The fraction of sp³-hybridized carbons (Fsp3) is 1.00. The number of likely N-dealkylation sites (tertiary alicyclic amines) is 1. The third-order valence-corrected chi connectivity index (χ3v) is 4.37. The molecule has 0 aromatic rings. The minimum Gasteiger partial charge on any atom is -0.313 e. The second-order valence-corrected chi connectivity index (χ2v) is 6.40. The van der Waals surface area contributed by atoms with E-state index < -0.39 is 0 Å². The van der Waals surface area contributed by atoms with Crippen LogP contribution < -0.4 is 5.32 Å². The molecule has 1 aliphatic heterocycles. The Kier molecular flexibility index (Phi) is 3.91. The molecule has 94 valence electrons. The SMILES string of the molecule is CCNC1CCCCC1N1CCC(C)(C)C1. The van der Waals surface area contributed by atoms with Crippen molar-refractivity contribution >= 4 is 0 Å². The maximum absolute atomic E-state index is 3.70. The molecule has 0 radical (unpaired) electrons. The Hall–Kier alpha value is -0.0800. The Morgan fingerprint density at radius 2 is 2.00 bits per heavy atom. The van der Waals surface area contributed by atoms with Crippen molar-refractivity contribution in [1.82, 2.24) is 10.2 Å². The van der Waals surface area contributed by atoms with E-state index in [-0.39, 0.29) is 0 Å². The van der Waals surface area contributed by atoms with E-state index in [9.17, 15) is 0 Å². The number of hydrogen-bond donors (Lipinski definition) is 1. The number of rotatable bonds is 3. The Morgan fingerprint density at radius 1 is 1.25 bits per heavy atom. The molecule has 1 saturated carbocycles. The monoisotopic (exact) mass is 224 g/mol. The summed E-state index contributed by atoms with van der Waals surface area (Å²) in [5.74, 6) is 0. The average Bonchev–Trinajstić information content (AvgIpc) is 2.60. The van der Waals surface area contributed by atoms with Crippen molar-refractivity contribution in [2.45, 2.75) is 65.0 Å². The van der Waals surface area contributed by atoms with Crippen molar-refractivity contribution in [3.05, 3.63) is 0 Å². The van der Waals surface area contributed by atoms with Gasteiger partial charge in [0.1, 0.15) is 0 Å². The topological polar surface area (TPSA) is 15.3 Å². The van der Waals surface area contributed by atoms with Crippen LogP contribution in [0.4, 0.5) is 0 Å². The molecule has 0 amide bonds. The lowest BCUT2D eigenvalue weighted by atomic mass is 9.88. The van der Waals surface area contributed by atoms with Crippen LogP contribution in [0.5, 0.6) is 0 Å². The van der Waals surface area contributed by atoms with Crippen molar-refractivity contribution in [2.24, 2.45) is 5.41 Å². The van der Waals surface area contributed by atoms with E-state index in [4.69, 9.17) is 0 Å². The minimum atomic E-state index is 0.550. The summed E-state index contributed by atoms with van der Waals surface area (Å²) in [7, 11) is 0. The average molecular weight is 224 g/mol. The molecule has 1 N–H and O–H groups in total. The molecular formula is C14H28N2. The normalized spacial score (nSPS) is 35.4. The molecule has 2 atom stereocenters. The fourth-order valence-corrected chi connectivity index (χ4v) is 3.49. The zero-order valence-electron chi connectivity index (χ0n) is 11.3. The molecule has 1 saturated heterocycles. The highest BCUT2D eigenvalue weighted by Crippen LogP contribution is 2.34. The Bertz CT molecular complexity index is 223. The third-order valence-electron chi connectivity index (χ3n) is 4.37. The van der Waals surface area contributed by atoms with Crippen molar-refractivity contribution in [2.75, 3.05) is 19.6 Å². The number of nitrogens with zero attached hydrogens (tertiary/aromatic N) is 1. The lowest BCUT2D eigenvalue weighted by molar-refractivity contribution is 0.137. The van der Waals surface area contributed by atoms with Gasteiger partial charge in [-0.2, -0.15) is 0 Å². The molecule has 2 nitrogen and oxygen atoms in total. The van der Waals surface area contributed by atoms with Gasteiger partial charge >= 0.3 is 0 Å². The first-order chi connectivity index (χ1) is 7.62. The summed E-state index contributed by atoms with van der Waals surface area (Å²) in [5.41, 5.74) is 0.550. The van der Waals surface area contributed by atoms with E-state index in [0.29, 0.717) is 5.41 Å². The summed E-state index contributed by atoms with van der Waals surface area (Å²) in [6.07, 6.45) is 7.03. The molecule has 1 aliphatic carbocycles. The van der Waals surface area contributed by atoms with Gasteiger partial charge in [0.25, 0.3) is 0 Å². The predicted octanol–water partition coefficient (Wildman–Crippen LogP) is 2.64. The molecule has 2 fully saturated rings. The zero-order chi connectivity index (χ0) is 11.6. The summed E-state index contributed by atoms with van der Waals surface area (Å²) >= 11 is 0. The van der Waals surface area contributed by atoms with Crippen LogP contribution in [-0.2, 0) is 0 Å². The van der Waals surface area contributed by atoms with Crippen molar-refractivity contribution in [3.8, 4) is 0 Å². The van der Waals surface area contributed by atoms with Crippen LogP contribution in [0.15, 0.2) is 0 Å². The highest BCUT2D eigenvalue weighted by atomic mass is 15.2. The van der Waals surface area contributed by atoms with Gasteiger partial charge in [0.15, 0.2) is 0 Å². The standard InChI is InChI=1S/C14H28N2/c1-4-15-12-7-5-6-8-13(12)16-10-9-14(2,3)11-16/h12-13,15H,4-11H2,1-3H3. The van der Waals surface area contributed by atoms with Gasteiger partial charge in [-0.25, -0.2) is 0 Å².